The van der Waals surface area contributed by atoms with Gasteiger partial charge < -0.3 is 9.84 Å². The van der Waals surface area contributed by atoms with Gasteiger partial charge in [0.2, 0.25) is 0 Å². The number of epoxide rings is 1. The predicted octanol–water partition coefficient (Wildman–Crippen LogP) is 0.792. The van der Waals surface area contributed by atoms with Gasteiger partial charge in [-0.05, 0) is 6.42 Å². The van der Waals surface area contributed by atoms with Gasteiger partial charge in [-0.2, -0.15) is 0 Å². The van der Waals surface area contributed by atoms with E-state index in [-0.39, 0.29) is 6.61 Å². The summed E-state index contributed by atoms with van der Waals surface area (Å²) >= 11 is 0. The molecule has 1 heterocycles. The quantitative estimate of drug-likeness (QED) is 0.573. The van der Waals surface area contributed by atoms with E-state index in [0.717, 1.165) is 6.42 Å². The van der Waals surface area contributed by atoms with E-state index in [1.165, 1.54) is 0 Å². The summed E-state index contributed by atoms with van der Waals surface area (Å²) in [6, 6.07) is 0. The molecule has 0 aromatic rings. The Hall–Kier alpha value is -0.0800. The highest BCUT2D eigenvalue weighted by Crippen LogP contribution is 2.31. The van der Waals surface area contributed by atoms with Crippen molar-refractivity contribution in [2.75, 3.05) is 6.61 Å². The van der Waals surface area contributed by atoms with E-state index in [9.17, 15) is 0 Å². The number of rotatable bonds is 3. The molecule has 54 valence electrons. The first-order valence-corrected chi connectivity index (χ1v) is 3.56. The van der Waals surface area contributed by atoms with Crippen LogP contribution in [-0.2, 0) is 4.74 Å². The highest BCUT2D eigenvalue weighted by Gasteiger charge is 2.40. The van der Waals surface area contributed by atoms with Gasteiger partial charge in [-0.15, -0.1) is 0 Å². The summed E-state index contributed by atoms with van der Waals surface area (Å²) in [5.74, 6) is 0.329. The van der Waals surface area contributed by atoms with Gasteiger partial charge >= 0.3 is 0 Å². The molecule has 0 aromatic carbocycles. The summed E-state index contributed by atoms with van der Waals surface area (Å²) in [6.45, 7) is 4.37. The molecular formula is C7H14O2. The van der Waals surface area contributed by atoms with Crippen LogP contribution in [0.25, 0.3) is 0 Å². The third kappa shape index (κ3) is 1.43. The van der Waals surface area contributed by atoms with Crippen LogP contribution in [-0.4, -0.2) is 23.9 Å². The lowest BCUT2D eigenvalue weighted by molar-refractivity contribution is 0.204. The van der Waals surface area contributed by atoms with Crippen molar-refractivity contribution in [2.24, 2.45) is 5.92 Å². The molecule has 0 spiro atoms. The zero-order chi connectivity index (χ0) is 6.85. The van der Waals surface area contributed by atoms with Gasteiger partial charge in [0.05, 0.1) is 12.2 Å². The zero-order valence-electron chi connectivity index (χ0n) is 6.00. The Balaban J connectivity index is 2.17. The molecule has 0 unspecified atom stereocenters. The number of aliphatic hydroxyl groups excluding tert-OH is 1. The maximum absolute atomic E-state index is 8.68. The second-order valence-corrected chi connectivity index (χ2v) is 2.71. The van der Waals surface area contributed by atoms with E-state index in [0.29, 0.717) is 18.1 Å². The van der Waals surface area contributed by atoms with Crippen LogP contribution >= 0.6 is 0 Å². The van der Waals surface area contributed by atoms with Crippen molar-refractivity contribution in [3.05, 3.63) is 0 Å². The van der Waals surface area contributed by atoms with Gasteiger partial charge in [-0.1, -0.05) is 13.8 Å². The van der Waals surface area contributed by atoms with E-state index in [4.69, 9.17) is 9.84 Å². The molecule has 0 bridgehead atoms. The molecule has 0 amide bonds. The van der Waals surface area contributed by atoms with Crippen molar-refractivity contribution in [1.29, 1.82) is 0 Å². The maximum atomic E-state index is 8.68. The third-order valence-electron chi connectivity index (χ3n) is 1.87. The lowest BCUT2D eigenvalue weighted by Crippen LogP contribution is -2.10. The zero-order valence-corrected chi connectivity index (χ0v) is 6.00. The average Bonchev–Trinajstić information content (AvgIpc) is 2.64. The molecule has 1 rings (SSSR count). The lowest BCUT2D eigenvalue weighted by Gasteiger charge is -1.99. The normalized spacial score (nSPS) is 36.3. The molecule has 9 heavy (non-hydrogen) atoms. The largest absolute Gasteiger partial charge is 0.396 e. The first-order chi connectivity index (χ1) is 4.29. The van der Waals surface area contributed by atoms with Gasteiger partial charge in [-0.3, -0.25) is 0 Å². The molecule has 1 aliphatic heterocycles. The van der Waals surface area contributed by atoms with Crippen LogP contribution in [0.1, 0.15) is 20.3 Å². The van der Waals surface area contributed by atoms with Crippen LogP contribution in [0.15, 0.2) is 0 Å². The SMILES string of the molecule is CC[C@@H]1O[C@@H]1[C@H](C)CO. The maximum Gasteiger partial charge on any atom is 0.0889 e. The highest BCUT2D eigenvalue weighted by atomic mass is 16.6. The third-order valence-corrected chi connectivity index (χ3v) is 1.87. The molecule has 1 aliphatic rings. The first-order valence-electron chi connectivity index (χ1n) is 3.56. The van der Waals surface area contributed by atoms with Crippen molar-refractivity contribution in [2.45, 2.75) is 32.5 Å². The number of hydrogen-bond donors (Lipinski definition) is 1. The van der Waals surface area contributed by atoms with Crippen molar-refractivity contribution < 1.29 is 9.84 Å². The lowest BCUT2D eigenvalue weighted by atomic mass is 10.1. The topological polar surface area (TPSA) is 32.8 Å². The van der Waals surface area contributed by atoms with Gasteiger partial charge in [0.25, 0.3) is 0 Å². The van der Waals surface area contributed by atoms with Gasteiger partial charge in [-0.25, -0.2) is 0 Å². The minimum atomic E-state index is 0.251. The average molecular weight is 130 g/mol. The highest BCUT2D eigenvalue weighted by molar-refractivity contribution is 4.87. The summed E-state index contributed by atoms with van der Waals surface area (Å²) in [5, 5.41) is 8.68. The molecule has 0 saturated carbocycles. The summed E-state index contributed by atoms with van der Waals surface area (Å²) in [4.78, 5) is 0. The fourth-order valence-electron chi connectivity index (χ4n) is 1.09. The van der Waals surface area contributed by atoms with Crippen molar-refractivity contribution >= 4 is 0 Å². The van der Waals surface area contributed by atoms with Crippen LogP contribution in [0, 0.1) is 5.92 Å². The predicted molar refractivity (Wildman–Crippen MR) is 35.2 cm³/mol. The fraction of sp³-hybridized carbons (Fsp3) is 1.00. The fourth-order valence-corrected chi connectivity index (χ4v) is 1.09. The number of hydrogen-bond acceptors (Lipinski definition) is 2. The molecule has 0 aromatic heterocycles. The van der Waals surface area contributed by atoms with Crippen LogP contribution < -0.4 is 0 Å². The molecule has 2 nitrogen and oxygen atoms in total. The van der Waals surface area contributed by atoms with E-state index in [1.807, 2.05) is 6.92 Å². The molecular weight excluding hydrogens is 116 g/mol. The Labute approximate surface area is 55.8 Å². The second kappa shape index (κ2) is 2.67. The Bertz CT molecular complexity index is 92.9. The Morgan fingerprint density at radius 1 is 1.67 bits per heavy atom. The minimum Gasteiger partial charge on any atom is -0.396 e. The van der Waals surface area contributed by atoms with E-state index < -0.39 is 0 Å². The van der Waals surface area contributed by atoms with Crippen LogP contribution in [0.5, 0.6) is 0 Å². The van der Waals surface area contributed by atoms with Gasteiger partial charge in [0.15, 0.2) is 0 Å². The first kappa shape index (κ1) is 7.03. The Morgan fingerprint density at radius 2 is 2.33 bits per heavy atom. The summed E-state index contributed by atoms with van der Waals surface area (Å²) in [7, 11) is 0. The van der Waals surface area contributed by atoms with Crippen LogP contribution in [0.2, 0.25) is 0 Å². The molecule has 1 saturated heterocycles. The molecule has 0 radical (unpaired) electrons. The van der Waals surface area contributed by atoms with Gasteiger partial charge in [0, 0.05) is 12.5 Å². The Morgan fingerprint density at radius 3 is 2.67 bits per heavy atom. The van der Waals surface area contributed by atoms with Crippen LogP contribution in [0.4, 0.5) is 0 Å². The molecule has 3 atom stereocenters. The monoisotopic (exact) mass is 130 g/mol. The molecule has 2 heteroatoms. The standard InChI is InChI=1S/C7H14O2/c1-3-6-7(9-6)5(2)4-8/h5-8H,3-4H2,1-2H3/t5-,6+,7-/m1/s1. The van der Waals surface area contributed by atoms with Crippen LogP contribution in [0.3, 0.4) is 0 Å². The molecule has 1 N–H and O–H groups in total. The van der Waals surface area contributed by atoms with E-state index >= 15 is 0 Å². The summed E-state index contributed by atoms with van der Waals surface area (Å²) < 4.78 is 5.26. The minimum absolute atomic E-state index is 0.251. The number of aliphatic hydroxyl groups is 1. The second-order valence-electron chi connectivity index (χ2n) is 2.71. The molecule has 1 fully saturated rings. The van der Waals surface area contributed by atoms with E-state index in [1.54, 1.807) is 0 Å². The molecule has 0 aliphatic carbocycles. The Kier molecular flexibility index (Phi) is 2.09. The van der Waals surface area contributed by atoms with Crippen molar-refractivity contribution in [1.82, 2.24) is 0 Å². The van der Waals surface area contributed by atoms with Crippen molar-refractivity contribution in [3.8, 4) is 0 Å². The van der Waals surface area contributed by atoms with Crippen molar-refractivity contribution in [3.63, 3.8) is 0 Å². The van der Waals surface area contributed by atoms with E-state index in [2.05, 4.69) is 6.92 Å². The van der Waals surface area contributed by atoms with Gasteiger partial charge in [0.1, 0.15) is 0 Å². The smallest absolute Gasteiger partial charge is 0.0889 e. The summed E-state index contributed by atoms with van der Waals surface area (Å²) in [6.07, 6.45) is 1.86. The number of ether oxygens (including phenoxy) is 1. The summed E-state index contributed by atoms with van der Waals surface area (Å²) in [5.41, 5.74) is 0.